The highest BCUT2D eigenvalue weighted by Gasteiger charge is 2.48. The first-order valence-electron chi connectivity index (χ1n) is 7.95. The lowest BCUT2D eigenvalue weighted by Gasteiger charge is -2.19. The molecule has 0 aromatic carbocycles. The minimum Gasteiger partial charge on any atom is -0.441 e. The monoisotopic (exact) mass is 401 g/mol. The molecule has 15 heteroatoms. The number of alkyl carbamates (subject to hydrolysis) is 1. The van der Waals surface area contributed by atoms with Crippen LogP contribution in [0, 0.1) is 0 Å². The highest BCUT2D eigenvalue weighted by molar-refractivity contribution is 5.67. The van der Waals surface area contributed by atoms with E-state index in [0.717, 1.165) is 0 Å². The van der Waals surface area contributed by atoms with E-state index in [0.29, 0.717) is 0 Å². The Morgan fingerprint density at radius 3 is 2.56 bits per heavy atom. The molecule has 27 heavy (non-hydrogen) atoms. The molecule has 2 rings (SSSR count). The molecule has 15 nitrogen and oxygen atoms in total. The van der Waals surface area contributed by atoms with Crippen LogP contribution < -0.4 is 5.32 Å². The second-order valence-corrected chi connectivity index (χ2v) is 5.64. The first-order valence-corrected chi connectivity index (χ1v) is 7.95. The SMILES string of the molecule is O=C(NCCOCC(CON(O)O)ON(O)O)O[C@@H]1CO[C@H]2[C@@H]1OC[C@H]2O. The van der Waals surface area contributed by atoms with Gasteiger partial charge in [-0.2, -0.15) is 0 Å². The lowest BCUT2D eigenvalue weighted by atomic mass is 10.1. The van der Waals surface area contributed by atoms with Crippen LogP contribution in [-0.4, -0.2) is 113 Å². The number of fused-ring (bicyclic) bond motifs is 1. The van der Waals surface area contributed by atoms with Gasteiger partial charge in [-0.1, -0.05) is 0 Å². The summed E-state index contributed by atoms with van der Waals surface area (Å²) in [6, 6.07) is 0. The van der Waals surface area contributed by atoms with Crippen molar-refractivity contribution < 1.29 is 59.4 Å². The number of rotatable bonds is 11. The third-order valence-corrected chi connectivity index (χ3v) is 3.68. The van der Waals surface area contributed by atoms with Gasteiger partial charge >= 0.3 is 6.09 Å². The second-order valence-electron chi connectivity index (χ2n) is 5.64. The zero-order valence-electron chi connectivity index (χ0n) is 14.1. The van der Waals surface area contributed by atoms with Gasteiger partial charge in [-0.05, 0) is 0 Å². The Balaban J connectivity index is 1.58. The van der Waals surface area contributed by atoms with E-state index in [1.165, 1.54) is 0 Å². The van der Waals surface area contributed by atoms with Gasteiger partial charge in [0.2, 0.25) is 0 Å². The molecule has 1 unspecified atom stereocenters. The third-order valence-electron chi connectivity index (χ3n) is 3.68. The predicted molar refractivity (Wildman–Crippen MR) is 76.2 cm³/mol. The van der Waals surface area contributed by atoms with E-state index < -0.39 is 54.0 Å². The van der Waals surface area contributed by atoms with Crippen molar-refractivity contribution in [3.63, 3.8) is 0 Å². The molecule has 1 amide bonds. The summed E-state index contributed by atoms with van der Waals surface area (Å²) < 4.78 is 21.0. The molecule has 2 aliphatic rings. The summed E-state index contributed by atoms with van der Waals surface area (Å²) in [6.45, 7) is -0.381. The van der Waals surface area contributed by atoms with Gasteiger partial charge in [-0.25, -0.2) is 14.5 Å². The first kappa shape index (κ1) is 22.1. The first-order chi connectivity index (χ1) is 12.9. The molecule has 0 saturated carbocycles. The van der Waals surface area contributed by atoms with Crippen LogP contribution in [0.4, 0.5) is 4.79 Å². The van der Waals surface area contributed by atoms with Crippen LogP contribution in [-0.2, 0) is 28.6 Å². The van der Waals surface area contributed by atoms with E-state index in [2.05, 4.69) is 15.0 Å². The smallest absolute Gasteiger partial charge is 0.407 e. The van der Waals surface area contributed by atoms with Crippen molar-refractivity contribution in [3.05, 3.63) is 0 Å². The van der Waals surface area contributed by atoms with Crippen LogP contribution in [0.1, 0.15) is 0 Å². The number of ether oxygens (including phenoxy) is 4. The van der Waals surface area contributed by atoms with Gasteiger partial charge in [0.05, 0.1) is 37.2 Å². The van der Waals surface area contributed by atoms with Crippen molar-refractivity contribution in [2.75, 3.05) is 39.6 Å². The van der Waals surface area contributed by atoms with Crippen LogP contribution in [0.5, 0.6) is 0 Å². The standard InChI is InChI=1S/C12H23N3O12/c16-8-5-23-11-9(6-24-10(8)11)26-12(17)13-1-2-22-3-7(27-15(20)21)4-25-14(18)19/h7-11,16,18-21H,1-6H2,(H,13,17)/t7?,8-,9-,10-,11-/m1/s1. The van der Waals surface area contributed by atoms with Gasteiger partial charge in [0, 0.05) is 6.54 Å². The Labute approximate surface area is 152 Å². The largest absolute Gasteiger partial charge is 0.441 e. The molecular weight excluding hydrogens is 378 g/mol. The summed E-state index contributed by atoms with van der Waals surface area (Å²) in [5.74, 6) is 0. The maximum atomic E-state index is 11.7. The van der Waals surface area contributed by atoms with E-state index in [1.807, 2.05) is 0 Å². The Morgan fingerprint density at radius 1 is 1.11 bits per heavy atom. The fourth-order valence-electron chi connectivity index (χ4n) is 2.56. The number of hydrogen-bond donors (Lipinski definition) is 6. The molecule has 0 aliphatic carbocycles. The minimum atomic E-state index is -1.09. The number of hydrogen-bond acceptors (Lipinski definition) is 14. The fourth-order valence-corrected chi connectivity index (χ4v) is 2.56. The van der Waals surface area contributed by atoms with E-state index in [4.69, 9.17) is 39.8 Å². The van der Waals surface area contributed by atoms with Crippen molar-refractivity contribution in [2.24, 2.45) is 0 Å². The number of aliphatic hydroxyl groups excluding tert-OH is 1. The van der Waals surface area contributed by atoms with Crippen molar-refractivity contribution >= 4 is 6.09 Å². The Kier molecular flexibility index (Phi) is 8.96. The van der Waals surface area contributed by atoms with Gasteiger partial charge in [0.15, 0.2) is 6.10 Å². The number of nitrogens with one attached hydrogen (secondary N) is 1. The molecule has 0 aromatic heterocycles. The maximum Gasteiger partial charge on any atom is 0.407 e. The van der Waals surface area contributed by atoms with Crippen LogP contribution >= 0.6 is 0 Å². The van der Waals surface area contributed by atoms with Gasteiger partial charge < -0.3 is 29.4 Å². The highest BCUT2D eigenvalue weighted by atomic mass is 17.1. The number of amides is 1. The molecule has 5 atom stereocenters. The van der Waals surface area contributed by atoms with Gasteiger partial charge in [0.25, 0.3) is 0 Å². The maximum absolute atomic E-state index is 11.7. The average Bonchev–Trinajstić information content (AvgIpc) is 3.15. The van der Waals surface area contributed by atoms with Gasteiger partial charge in [-0.3, -0.25) is 20.8 Å². The summed E-state index contributed by atoms with van der Waals surface area (Å²) >= 11 is 0. The van der Waals surface area contributed by atoms with Crippen molar-refractivity contribution in [3.8, 4) is 0 Å². The van der Waals surface area contributed by atoms with E-state index in [-0.39, 0.29) is 33.0 Å². The van der Waals surface area contributed by atoms with Crippen molar-refractivity contribution in [2.45, 2.75) is 30.5 Å². The molecule has 2 heterocycles. The van der Waals surface area contributed by atoms with E-state index in [1.54, 1.807) is 0 Å². The lowest BCUT2D eigenvalue weighted by Crippen LogP contribution is -2.38. The molecule has 6 N–H and O–H groups in total. The van der Waals surface area contributed by atoms with Crippen LogP contribution in [0.3, 0.4) is 0 Å². The highest BCUT2D eigenvalue weighted by Crippen LogP contribution is 2.28. The summed E-state index contributed by atoms with van der Waals surface area (Å²) in [5, 5.41) is 44.9. The van der Waals surface area contributed by atoms with Gasteiger partial charge in [-0.15, -0.1) is 0 Å². The van der Waals surface area contributed by atoms with Crippen molar-refractivity contribution in [1.82, 2.24) is 16.1 Å². The van der Waals surface area contributed by atoms with Crippen LogP contribution in [0.25, 0.3) is 0 Å². The number of aliphatic hydroxyl groups is 1. The normalized spacial score (nSPS) is 28.6. The van der Waals surface area contributed by atoms with E-state index >= 15 is 0 Å². The predicted octanol–water partition coefficient (Wildman–Crippen LogP) is -2.35. The minimum absolute atomic E-state index is 0.0101. The van der Waals surface area contributed by atoms with Crippen molar-refractivity contribution in [1.29, 1.82) is 0 Å². The van der Waals surface area contributed by atoms with Gasteiger partial charge in [0.1, 0.15) is 31.0 Å². The molecule has 0 spiro atoms. The number of nitrogens with zero attached hydrogens (tertiary/aromatic N) is 2. The zero-order chi connectivity index (χ0) is 19.8. The number of carbonyl (C=O) groups is 1. The summed E-state index contributed by atoms with van der Waals surface area (Å²) in [7, 11) is 0. The quantitative estimate of drug-likeness (QED) is 0.159. The summed E-state index contributed by atoms with van der Waals surface area (Å²) in [6.07, 6.45) is -4.18. The molecule has 2 aliphatic heterocycles. The topological polar surface area (TPSA) is 192 Å². The lowest BCUT2D eigenvalue weighted by molar-refractivity contribution is -0.528. The summed E-state index contributed by atoms with van der Waals surface area (Å²) in [4.78, 5) is 20.5. The average molecular weight is 401 g/mol. The Hall–Kier alpha value is -1.21. The fraction of sp³-hybridized carbons (Fsp3) is 0.917. The third kappa shape index (κ3) is 7.37. The van der Waals surface area contributed by atoms with Crippen LogP contribution in [0.15, 0.2) is 0 Å². The summed E-state index contributed by atoms with van der Waals surface area (Å²) in [5.41, 5.74) is 0. The van der Waals surface area contributed by atoms with Crippen LogP contribution in [0.2, 0.25) is 0 Å². The second kappa shape index (κ2) is 11.0. The molecule has 0 radical (unpaired) electrons. The molecule has 0 aromatic rings. The molecule has 0 bridgehead atoms. The molecular formula is C12H23N3O12. The zero-order valence-corrected chi connectivity index (χ0v) is 14.1. The van der Waals surface area contributed by atoms with E-state index in [9.17, 15) is 9.90 Å². The Bertz CT molecular complexity index is 455. The molecule has 158 valence electrons. The molecule has 2 fully saturated rings. The Morgan fingerprint density at radius 2 is 1.85 bits per heavy atom. The number of carbonyl (C=O) groups excluding carboxylic acids is 1. The molecule has 2 saturated heterocycles.